The Morgan fingerprint density at radius 2 is 1.82 bits per heavy atom. The van der Waals surface area contributed by atoms with Gasteiger partial charge in [-0.05, 0) is 56.2 Å². The fourth-order valence-electron chi connectivity index (χ4n) is 7.59. The van der Waals surface area contributed by atoms with Crippen molar-refractivity contribution in [3.8, 4) is 0 Å². The standard InChI is InChI=1S/C30H39N5O9/c1-20-29(27(36)37,14-5-6-16-44-35(42)43)25(22-11-7-13-24(17-22)34(40)41)30(28(38)39,26(31)32-20)23-12-8-15-33(19-23)18-21-9-3-2-4-10-21/h2-4,7,9-11,13,17,20,23,25-26,32H,5-6,8,12,14-16,18-19,31H2,1H3,(H,36,37)(H,38,39). The summed E-state index contributed by atoms with van der Waals surface area (Å²) >= 11 is 0. The summed E-state index contributed by atoms with van der Waals surface area (Å²) in [5.41, 5.74) is 4.04. The van der Waals surface area contributed by atoms with Crippen LogP contribution in [0.4, 0.5) is 5.69 Å². The van der Waals surface area contributed by atoms with Crippen LogP contribution in [0.3, 0.4) is 0 Å². The molecule has 0 aliphatic carbocycles. The summed E-state index contributed by atoms with van der Waals surface area (Å²) in [6.07, 6.45) is 0.144. The number of nitro groups is 1. The third kappa shape index (κ3) is 6.23. The highest BCUT2D eigenvalue weighted by atomic mass is 16.9. The van der Waals surface area contributed by atoms with Gasteiger partial charge >= 0.3 is 11.9 Å². The Hall–Kier alpha value is -4.14. The summed E-state index contributed by atoms with van der Waals surface area (Å²) in [6, 6.07) is 14.4. The number of nitrogens with zero attached hydrogens (tertiary/aromatic N) is 3. The van der Waals surface area contributed by atoms with Gasteiger partial charge in [-0.25, -0.2) is 0 Å². The molecule has 14 heteroatoms. The van der Waals surface area contributed by atoms with Crippen molar-refractivity contribution in [3.63, 3.8) is 0 Å². The predicted molar refractivity (Wildman–Crippen MR) is 158 cm³/mol. The Labute approximate surface area is 254 Å². The highest BCUT2D eigenvalue weighted by Gasteiger charge is 2.69. The summed E-state index contributed by atoms with van der Waals surface area (Å²) in [6.45, 7) is 2.96. The molecule has 0 spiro atoms. The number of aliphatic carboxylic acids is 2. The molecular weight excluding hydrogens is 574 g/mol. The molecule has 44 heavy (non-hydrogen) atoms. The van der Waals surface area contributed by atoms with E-state index in [-0.39, 0.29) is 37.1 Å². The number of nitro benzene ring substituents is 1. The molecule has 6 unspecified atom stereocenters. The van der Waals surface area contributed by atoms with Crippen LogP contribution in [0, 0.1) is 37.0 Å². The summed E-state index contributed by atoms with van der Waals surface area (Å²) in [7, 11) is 0. The highest BCUT2D eigenvalue weighted by Crippen LogP contribution is 2.61. The largest absolute Gasteiger partial charge is 0.481 e. The van der Waals surface area contributed by atoms with Crippen molar-refractivity contribution in [2.75, 3.05) is 19.7 Å². The third-order valence-electron chi connectivity index (χ3n) is 9.50. The molecule has 2 fully saturated rings. The average Bonchev–Trinajstić information content (AvgIpc) is 2.98. The molecule has 5 N–H and O–H groups in total. The van der Waals surface area contributed by atoms with E-state index in [0.717, 1.165) is 5.56 Å². The number of benzene rings is 2. The van der Waals surface area contributed by atoms with Gasteiger partial charge in [-0.3, -0.25) is 29.9 Å². The lowest BCUT2D eigenvalue weighted by molar-refractivity contribution is -0.757. The minimum absolute atomic E-state index is 0.0763. The quantitative estimate of drug-likeness (QED) is 0.145. The van der Waals surface area contributed by atoms with Crippen LogP contribution in [0.2, 0.25) is 0 Å². The van der Waals surface area contributed by atoms with Crippen LogP contribution in [0.1, 0.15) is 56.1 Å². The fraction of sp³-hybridized carbons (Fsp3) is 0.533. The van der Waals surface area contributed by atoms with E-state index >= 15 is 0 Å². The number of nitrogens with two attached hydrogens (primary N) is 1. The maximum Gasteiger partial charge on any atom is 0.313 e. The zero-order chi connectivity index (χ0) is 32.1. The lowest BCUT2D eigenvalue weighted by Crippen LogP contribution is -2.75. The molecule has 2 saturated heterocycles. The topological polar surface area (TPSA) is 211 Å². The molecule has 2 aromatic rings. The number of carbonyl (C=O) groups is 2. The first-order valence-electron chi connectivity index (χ1n) is 14.7. The first-order chi connectivity index (χ1) is 20.9. The van der Waals surface area contributed by atoms with E-state index in [1.54, 1.807) is 6.92 Å². The van der Waals surface area contributed by atoms with E-state index in [0.29, 0.717) is 32.5 Å². The van der Waals surface area contributed by atoms with E-state index in [2.05, 4.69) is 15.1 Å². The van der Waals surface area contributed by atoms with Gasteiger partial charge < -0.3 is 20.8 Å². The Morgan fingerprint density at radius 3 is 2.45 bits per heavy atom. The van der Waals surface area contributed by atoms with Gasteiger partial charge in [-0.15, -0.1) is 10.1 Å². The van der Waals surface area contributed by atoms with E-state index in [1.165, 1.54) is 24.3 Å². The van der Waals surface area contributed by atoms with Gasteiger partial charge in [-0.2, -0.15) is 0 Å². The van der Waals surface area contributed by atoms with Gasteiger partial charge in [0.1, 0.15) is 5.41 Å². The molecule has 6 atom stereocenters. The molecule has 2 heterocycles. The number of hydrogen-bond donors (Lipinski definition) is 4. The van der Waals surface area contributed by atoms with Gasteiger partial charge in [0, 0.05) is 37.2 Å². The van der Waals surface area contributed by atoms with E-state index in [4.69, 9.17) is 5.73 Å². The van der Waals surface area contributed by atoms with Crippen molar-refractivity contribution in [2.24, 2.45) is 22.5 Å². The number of rotatable bonds is 13. The molecule has 0 saturated carbocycles. The van der Waals surface area contributed by atoms with Gasteiger partial charge in [0.2, 0.25) is 0 Å². The van der Waals surface area contributed by atoms with E-state index in [9.17, 15) is 40.0 Å². The zero-order valence-electron chi connectivity index (χ0n) is 24.5. The van der Waals surface area contributed by atoms with Gasteiger partial charge in [-0.1, -0.05) is 48.9 Å². The summed E-state index contributed by atoms with van der Waals surface area (Å²) in [5.74, 6) is -4.46. The van der Waals surface area contributed by atoms with Gasteiger partial charge in [0.05, 0.1) is 23.1 Å². The fourth-order valence-corrected chi connectivity index (χ4v) is 7.59. The second-order valence-corrected chi connectivity index (χ2v) is 11.8. The van der Waals surface area contributed by atoms with Crippen LogP contribution in [0.5, 0.6) is 0 Å². The second kappa shape index (κ2) is 13.7. The second-order valence-electron chi connectivity index (χ2n) is 11.8. The Bertz CT molecular complexity index is 1360. The van der Waals surface area contributed by atoms with Crippen LogP contribution in [-0.4, -0.2) is 69.0 Å². The van der Waals surface area contributed by atoms with Crippen LogP contribution in [-0.2, 0) is 21.0 Å². The number of carboxylic acids is 2. The summed E-state index contributed by atoms with van der Waals surface area (Å²) in [5, 5.41) is 46.9. The van der Waals surface area contributed by atoms with Crippen LogP contribution in [0.15, 0.2) is 54.6 Å². The minimum Gasteiger partial charge on any atom is -0.481 e. The lowest BCUT2D eigenvalue weighted by atomic mass is 9.47. The summed E-state index contributed by atoms with van der Waals surface area (Å²) in [4.78, 5) is 55.7. The molecule has 0 aromatic heterocycles. The summed E-state index contributed by atoms with van der Waals surface area (Å²) < 4.78 is 0. The van der Waals surface area contributed by atoms with Crippen LogP contribution < -0.4 is 11.1 Å². The number of piperidine rings is 2. The van der Waals surface area contributed by atoms with Gasteiger partial charge in [0.15, 0.2) is 0 Å². The zero-order valence-corrected chi connectivity index (χ0v) is 24.5. The number of likely N-dealkylation sites (tertiary alicyclic amines) is 1. The van der Waals surface area contributed by atoms with Crippen molar-refractivity contribution in [3.05, 3.63) is 86.0 Å². The lowest BCUT2D eigenvalue weighted by Gasteiger charge is -2.60. The Morgan fingerprint density at radius 1 is 1.09 bits per heavy atom. The van der Waals surface area contributed by atoms with Crippen molar-refractivity contribution in [1.29, 1.82) is 0 Å². The molecule has 2 aliphatic heterocycles. The van der Waals surface area contributed by atoms with Crippen LogP contribution >= 0.6 is 0 Å². The molecule has 0 bridgehead atoms. The minimum atomic E-state index is -1.88. The molecule has 238 valence electrons. The molecule has 0 amide bonds. The Balaban J connectivity index is 1.87. The monoisotopic (exact) mass is 613 g/mol. The maximum absolute atomic E-state index is 13.8. The molecule has 4 rings (SSSR count). The molecular formula is C30H39N5O9. The smallest absolute Gasteiger partial charge is 0.313 e. The maximum atomic E-state index is 13.8. The number of non-ortho nitro benzene ring substituents is 1. The van der Waals surface area contributed by atoms with Crippen molar-refractivity contribution in [2.45, 2.75) is 63.7 Å². The highest BCUT2D eigenvalue weighted by molar-refractivity contribution is 5.84. The van der Waals surface area contributed by atoms with Crippen molar-refractivity contribution < 1.29 is 34.6 Å². The predicted octanol–water partition coefficient (Wildman–Crippen LogP) is 3.39. The van der Waals surface area contributed by atoms with E-state index < -0.39 is 56.8 Å². The van der Waals surface area contributed by atoms with Crippen molar-refractivity contribution >= 4 is 17.6 Å². The normalized spacial score (nSPS) is 29.0. The Kier molecular flexibility index (Phi) is 10.2. The molecule has 2 aromatic carbocycles. The number of nitrogens with one attached hydrogen (secondary N) is 1. The number of carboxylic acid groups (broad SMARTS) is 2. The molecule has 0 radical (unpaired) electrons. The molecule has 2 aliphatic rings. The van der Waals surface area contributed by atoms with Crippen LogP contribution in [0.25, 0.3) is 0 Å². The first kappa shape index (κ1) is 32.8. The average molecular weight is 614 g/mol. The number of hydrogen-bond acceptors (Lipinski definition) is 10. The first-order valence-corrected chi connectivity index (χ1v) is 14.7. The third-order valence-corrected chi connectivity index (χ3v) is 9.50. The number of unbranched alkanes of at least 4 members (excludes halogenated alkanes) is 1. The van der Waals surface area contributed by atoms with Gasteiger partial charge in [0.25, 0.3) is 10.8 Å². The van der Waals surface area contributed by atoms with E-state index in [1.807, 2.05) is 30.3 Å². The molecule has 14 nitrogen and oxygen atoms in total. The SMILES string of the molecule is CC1NC(N)C(C(=O)O)(C2CCCN(Cc3ccccc3)C2)C(c2cccc([N+](=O)[O-])c2)C1(CCCCO[N+](=O)[O-])C(=O)O. The van der Waals surface area contributed by atoms with Crippen molar-refractivity contribution in [1.82, 2.24) is 10.2 Å².